The Morgan fingerprint density at radius 3 is 2.34 bits per heavy atom. The predicted octanol–water partition coefficient (Wildman–Crippen LogP) is 1.45. The summed E-state index contributed by atoms with van der Waals surface area (Å²) in [5.41, 5.74) is 5.41. The molecule has 0 aromatic heterocycles. The Labute approximate surface area is 186 Å². The Morgan fingerprint density at radius 1 is 1.16 bits per heavy atom. The van der Waals surface area contributed by atoms with E-state index in [9.17, 15) is 28.0 Å². The van der Waals surface area contributed by atoms with Crippen LogP contribution >= 0.6 is 0 Å². The first-order chi connectivity index (χ1) is 15.0. The Kier molecular flexibility index (Phi) is 9.21. The van der Waals surface area contributed by atoms with Crippen molar-refractivity contribution in [1.82, 2.24) is 16.0 Å². The summed E-state index contributed by atoms with van der Waals surface area (Å²) in [6, 6.07) is -2.02. The highest BCUT2D eigenvalue weighted by molar-refractivity contribution is 5.91. The van der Waals surface area contributed by atoms with Crippen molar-refractivity contribution in [3.05, 3.63) is 0 Å². The summed E-state index contributed by atoms with van der Waals surface area (Å²) in [6.45, 7) is 4.23. The molecule has 0 bridgehead atoms. The SMILES string of the molecule is CC(C)C[C@H](NC(=O)OCC1CCC(F)(F)CC1)C(=O)N[C@@H](C[C@@H]1CCNC1=O)C(N)=O. The van der Waals surface area contributed by atoms with Gasteiger partial charge in [-0.25, -0.2) is 13.6 Å². The molecule has 2 fully saturated rings. The molecule has 0 radical (unpaired) electrons. The maximum absolute atomic E-state index is 13.2. The Hall–Kier alpha value is -2.46. The second-order valence-corrected chi connectivity index (χ2v) is 9.20. The normalized spacial score (nSPS) is 22.7. The molecule has 2 rings (SSSR count). The van der Waals surface area contributed by atoms with Gasteiger partial charge in [-0.1, -0.05) is 13.8 Å². The summed E-state index contributed by atoms with van der Waals surface area (Å²) in [6.07, 6.45) is 0.170. The molecule has 3 atom stereocenters. The van der Waals surface area contributed by atoms with Gasteiger partial charge in [0.05, 0.1) is 6.61 Å². The van der Waals surface area contributed by atoms with Crippen LogP contribution in [0, 0.1) is 17.8 Å². The predicted molar refractivity (Wildman–Crippen MR) is 111 cm³/mol. The van der Waals surface area contributed by atoms with Crippen LogP contribution in [0.25, 0.3) is 0 Å². The topological polar surface area (TPSA) is 140 Å². The summed E-state index contributed by atoms with van der Waals surface area (Å²) in [5.74, 6) is -4.74. The monoisotopic (exact) mass is 460 g/mol. The molecular weight excluding hydrogens is 426 g/mol. The highest BCUT2D eigenvalue weighted by atomic mass is 19.3. The molecule has 4 amide bonds. The Balaban J connectivity index is 1.89. The smallest absolute Gasteiger partial charge is 0.407 e. The number of carbonyl (C=O) groups is 4. The van der Waals surface area contributed by atoms with Gasteiger partial charge in [0.15, 0.2) is 0 Å². The van der Waals surface area contributed by atoms with Gasteiger partial charge in [0.25, 0.3) is 0 Å². The van der Waals surface area contributed by atoms with Crippen LogP contribution in [0.15, 0.2) is 0 Å². The van der Waals surface area contributed by atoms with Gasteiger partial charge in [-0.3, -0.25) is 14.4 Å². The third-order valence-electron chi connectivity index (χ3n) is 5.95. The fourth-order valence-corrected chi connectivity index (χ4v) is 4.02. The van der Waals surface area contributed by atoms with Crippen LogP contribution in [0.5, 0.6) is 0 Å². The minimum Gasteiger partial charge on any atom is -0.449 e. The van der Waals surface area contributed by atoms with Crippen molar-refractivity contribution in [2.75, 3.05) is 13.2 Å². The molecule has 182 valence electrons. The maximum Gasteiger partial charge on any atom is 0.407 e. The lowest BCUT2D eigenvalue weighted by Crippen LogP contribution is -2.54. The van der Waals surface area contributed by atoms with E-state index in [4.69, 9.17) is 10.5 Å². The van der Waals surface area contributed by atoms with Gasteiger partial charge < -0.3 is 26.4 Å². The second kappa shape index (κ2) is 11.4. The van der Waals surface area contributed by atoms with Crippen molar-refractivity contribution < 1.29 is 32.7 Å². The van der Waals surface area contributed by atoms with Crippen LogP contribution in [-0.2, 0) is 19.1 Å². The Bertz CT molecular complexity index is 694. The number of alkyl halides is 2. The largest absolute Gasteiger partial charge is 0.449 e. The van der Waals surface area contributed by atoms with Crippen LogP contribution < -0.4 is 21.7 Å². The number of nitrogens with two attached hydrogens (primary N) is 1. The molecule has 0 aromatic carbocycles. The van der Waals surface area contributed by atoms with Crippen molar-refractivity contribution in [2.24, 2.45) is 23.5 Å². The van der Waals surface area contributed by atoms with Crippen molar-refractivity contribution in [2.45, 2.75) is 76.8 Å². The van der Waals surface area contributed by atoms with E-state index >= 15 is 0 Å². The van der Waals surface area contributed by atoms with Crippen LogP contribution in [0.1, 0.15) is 58.8 Å². The van der Waals surface area contributed by atoms with Gasteiger partial charge in [0.1, 0.15) is 12.1 Å². The zero-order valence-electron chi connectivity index (χ0n) is 18.6. The average Bonchev–Trinajstić information content (AvgIpc) is 3.10. The highest BCUT2D eigenvalue weighted by Gasteiger charge is 2.36. The molecule has 1 heterocycles. The third-order valence-corrected chi connectivity index (χ3v) is 5.95. The van der Waals surface area contributed by atoms with Crippen LogP contribution in [0.4, 0.5) is 13.6 Å². The number of halogens is 2. The lowest BCUT2D eigenvalue weighted by Gasteiger charge is -2.28. The lowest BCUT2D eigenvalue weighted by atomic mass is 9.87. The van der Waals surface area contributed by atoms with Gasteiger partial charge in [-0.2, -0.15) is 0 Å². The fourth-order valence-electron chi connectivity index (χ4n) is 4.02. The van der Waals surface area contributed by atoms with E-state index in [0.29, 0.717) is 13.0 Å². The number of amides is 4. The molecule has 32 heavy (non-hydrogen) atoms. The van der Waals surface area contributed by atoms with Crippen LogP contribution in [-0.4, -0.2) is 55.0 Å². The van der Waals surface area contributed by atoms with Gasteiger partial charge in [-0.05, 0) is 43.9 Å². The molecule has 0 unspecified atom stereocenters. The zero-order chi connectivity index (χ0) is 23.9. The van der Waals surface area contributed by atoms with Crippen molar-refractivity contribution in [3.8, 4) is 0 Å². The first-order valence-corrected chi connectivity index (χ1v) is 11.2. The second-order valence-electron chi connectivity index (χ2n) is 9.20. The molecular formula is C21H34F2N4O5. The number of hydrogen-bond acceptors (Lipinski definition) is 5. The minimum absolute atomic E-state index is 0.00136. The van der Waals surface area contributed by atoms with E-state index in [2.05, 4.69) is 16.0 Å². The molecule has 5 N–H and O–H groups in total. The van der Waals surface area contributed by atoms with Gasteiger partial charge >= 0.3 is 6.09 Å². The van der Waals surface area contributed by atoms with Gasteiger partial charge in [0, 0.05) is 25.3 Å². The number of carbonyl (C=O) groups excluding carboxylic acids is 4. The Morgan fingerprint density at radius 2 is 1.81 bits per heavy atom. The minimum atomic E-state index is -2.66. The van der Waals surface area contributed by atoms with Crippen molar-refractivity contribution in [1.29, 1.82) is 0 Å². The van der Waals surface area contributed by atoms with Gasteiger partial charge in [-0.15, -0.1) is 0 Å². The first kappa shape index (κ1) is 25.8. The lowest BCUT2D eigenvalue weighted by molar-refractivity contribution is -0.130. The van der Waals surface area contributed by atoms with Crippen LogP contribution in [0.2, 0.25) is 0 Å². The third kappa shape index (κ3) is 8.23. The number of rotatable bonds is 10. The molecule has 2 aliphatic rings. The number of alkyl carbamates (subject to hydrolysis) is 1. The summed E-state index contributed by atoms with van der Waals surface area (Å²) < 4.78 is 31.7. The van der Waals surface area contributed by atoms with Gasteiger partial charge in [0.2, 0.25) is 23.6 Å². The maximum atomic E-state index is 13.2. The molecule has 11 heteroatoms. The summed E-state index contributed by atoms with van der Waals surface area (Å²) in [4.78, 5) is 48.7. The molecule has 9 nitrogen and oxygen atoms in total. The van der Waals surface area contributed by atoms with E-state index in [1.54, 1.807) is 0 Å². The fraction of sp³-hybridized carbons (Fsp3) is 0.810. The summed E-state index contributed by atoms with van der Waals surface area (Å²) in [5, 5.41) is 7.71. The molecule has 1 saturated heterocycles. The quantitative estimate of drug-likeness (QED) is 0.391. The first-order valence-electron chi connectivity index (χ1n) is 11.2. The zero-order valence-corrected chi connectivity index (χ0v) is 18.6. The molecule has 1 saturated carbocycles. The highest BCUT2D eigenvalue weighted by Crippen LogP contribution is 2.36. The number of ether oxygens (including phenoxy) is 1. The summed E-state index contributed by atoms with van der Waals surface area (Å²) in [7, 11) is 0. The molecule has 1 aliphatic carbocycles. The van der Waals surface area contributed by atoms with E-state index < -0.39 is 41.8 Å². The van der Waals surface area contributed by atoms with Crippen molar-refractivity contribution in [3.63, 3.8) is 0 Å². The van der Waals surface area contributed by atoms with E-state index in [1.165, 1.54) is 0 Å². The number of hydrogen-bond donors (Lipinski definition) is 4. The molecule has 1 aliphatic heterocycles. The van der Waals surface area contributed by atoms with Crippen LogP contribution in [0.3, 0.4) is 0 Å². The number of nitrogens with one attached hydrogen (secondary N) is 3. The standard InChI is InChI=1S/C21H34F2N4O5/c1-12(2)9-16(27-20(31)32-11-13-3-6-21(22,23)7-4-13)19(30)26-15(17(24)28)10-14-5-8-25-18(14)29/h12-16H,3-11H2,1-2H3,(H2,24,28)(H,25,29)(H,26,30)(H,27,31)/t14-,15-,16-/m0/s1. The van der Waals surface area contributed by atoms with E-state index in [-0.39, 0.29) is 62.9 Å². The van der Waals surface area contributed by atoms with E-state index in [0.717, 1.165) is 0 Å². The van der Waals surface area contributed by atoms with Crippen molar-refractivity contribution >= 4 is 23.8 Å². The molecule has 0 aromatic rings. The molecule has 0 spiro atoms. The average molecular weight is 461 g/mol. The van der Waals surface area contributed by atoms with E-state index in [1.807, 2.05) is 13.8 Å². The summed E-state index contributed by atoms with van der Waals surface area (Å²) >= 11 is 0. The number of primary amides is 1.